The van der Waals surface area contributed by atoms with E-state index in [1.54, 1.807) is 24.9 Å². The molecule has 43 heavy (non-hydrogen) atoms. The van der Waals surface area contributed by atoms with Gasteiger partial charge in [0.2, 0.25) is 5.95 Å². The van der Waals surface area contributed by atoms with Crippen molar-refractivity contribution in [2.75, 3.05) is 29.1 Å². The standard InChI is InChI=1S/C28H36F3N7O2S.CH4S/c1-7-22-16-34-27(35-18(2)8-9-20(4)40-28(29,30)31)36-25(22)17-33-24-11-13-38(19(3)14-24)21(5)23-10-12-32-26(15-23)37-41(6)39;1-2/h8-10,12,15-16,19,24,33H,2,4-5,7,11,13-14,17H2,1,3,6H3,(H,32,37)(H,34,35,36);2H,1H3/b9-8-;/t19-,24-,41?;/m1./s1. The van der Waals surface area contributed by atoms with Crippen molar-refractivity contribution in [2.24, 2.45) is 0 Å². The lowest BCUT2D eigenvalue weighted by molar-refractivity contribution is -0.303. The number of piperidine rings is 1. The number of thiol groups is 1. The Bertz CT molecular complexity index is 1320. The molecule has 0 bridgehead atoms. The van der Waals surface area contributed by atoms with E-state index in [-0.39, 0.29) is 23.7 Å². The Hall–Kier alpha value is -3.36. The Morgan fingerprint density at radius 1 is 1.26 bits per heavy atom. The number of allylic oxidation sites excluding steroid dienone is 2. The second kappa shape index (κ2) is 17.1. The highest BCUT2D eigenvalue weighted by atomic mass is 32.2. The minimum atomic E-state index is -4.81. The number of likely N-dealkylation sites (tertiary alicyclic amines) is 1. The largest absolute Gasteiger partial charge is 0.573 e. The predicted molar refractivity (Wildman–Crippen MR) is 171 cm³/mol. The van der Waals surface area contributed by atoms with Crippen LogP contribution >= 0.6 is 12.6 Å². The number of nitrogens with zero attached hydrogens (tertiary/aromatic N) is 4. The summed E-state index contributed by atoms with van der Waals surface area (Å²) in [6.45, 7) is 16.8. The topological polar surface area (TPSA) is 104 Å². The fourth-order valence-electron chi connectivity index (χ4n) is 4.49. The summed E-state index contributed by atoms with van der Waals surface area (Å²) in [7, 11) is -1.21. The van der Waals surface area contributed by atoms with Crippen LogP contribution in [-0.2, 0) is 28.7 Å². The molecule has 236 valence electrons. The zero-order chi connectivity index (χ0) is 32.2. The maximum atomic E-state index is 12.3. The van der Waals surface area contributed by atoms with Crippen molar-refractivity contribution in [1.29, 1.82) is 0 Å². The minimum Gasteiger partial charge on any atom is -0.406 e. The van der Waals surface area contributed by atoms with Crippen molar-refractivity contribution in [3.05, 3.63) is 84.7 Å². The van der Waals surface area contributed by atoms with Gasteiger partial charge in [0.1, 0.15) is 22.6 Å². The number of anilines is 2. The molecule has 0 spiro atoms. The van der Waals surface area contributed by atoms with E-state index in [0.29, 0.717) is 12.4 Å². The molecule has 1 saturated heterocycles. The smallest absolute Gasteiger partial charge is 0.406 e. The Morgan fingerprint density at radius 2 is 1.98 bits per heavy atom. The van der Waals surface area contributed by atoms with Crippen molar-refractivity contribution < 1.29 is 22.1 Å². The van der Waals surface area contributed by atoms with Crippen LogP contribution < -0.4 is 15.4 Å². The van der Waals surface area contributed by atoms with Crippen LogP contribution in [0.4, 0.5) is 24.9 Å². The van der Waals surface area contributed by atoms with E-state index in [1.165, 1.54) is 6.08 Å². The number of nitrogens with one attached hydrogen (secondary N) is 3. The molecule has 0 aliphatic carbocycles. The predicted octanol–water partition coefficient (Wildman–Crippen LogP) is 5.83. The van der Waals surface area contributed by atoms with Gasteiger partial charge in [-0.05, 0) is 62.3 Å². The van der Waals surface area contributed by atoms with E-state index in [4.69, 9.17) is 0 Å². The third kappa shape index (κ3) is 12.0. The number of pyridine rings is 1. The highest BCUT2D eigenvalue weighted by molar-refractivity contribution is 7.85. The lowest BCUT2D eigenvalue weighted by Gasteiger charge is -2.40. The van der Waals surface area contributed by atoms with Gasteiger partial charge in [0.15, 0.2) is 0 Å². The molecule has 0 aromatic carbocycles. The molecule has 3 heterocycles. The van der Waals surface area contributed by atoms with Gasteiger partial charge in [0.25, 0.3) is 0 Å². The molecule has 1 aliphatic rings. The van der Waals surface area contributed by atoms with Crippen molar-refractivity contribution in [3.63, 3.8) is 0 Å². The molecule has 2 aromatic rings. The summed E-state index contributed by atoms with van der Waals surface area (Å²) in [6.07, 6.45) is 6.77. The van der Waals surface area contributed by atoms with E-state index in [1.807, 2.05) is 19.1 Å². The first kappa shape index (κ1) is 35.8. The zero-order valence-electron chi connectivity index (χ0n) is 24.9. The van der Waals surface area contributed by atoms with E-state index >= 15 is 0 Å². The fraction of sp³-hybridized carbons (Fsp3) is 0.414. The van der Waals surface area contributed by atoms with Gasteiger partial charge in [0.05, 0.1) is 5.69 Å². The lowest BCUT2D eigenvalue weighted by atomic mass is 9.96. The number of halogens is 3. The summed E-state index contributed by atoms with van der Waals surface area (Å²) in [5.74, 6) is 0.265. The monoisotopic (exact) mass is 639 g/mol. The van der Waals surface area contributed by atoms with Gasteiger partial charge in [0, 0.05) is 60.8 Å². The summed E-state index contributed by atoms with van der Waals surface area (Å²) in [4.78, 5) is 15.4. The molecule has 0 amide bonds. The maximum Gasteiger partial charge on any atom is 0.573 e. The van der Waals surface area contributed by atoms with Gasteiger partial charge in [-0.15, -0.1) is 13.2 Å². The Kier molecular flexibility index (Phi) is 14.2. The number of aromatic nitrogens is 3. The van der Waals surface area contributed by atoms with Crippen LogP contribution in [0.25, 0.3) is 5.70 Å². The summed E-state index contributed by atoms with van der Waals surface area (Å²) >= 11 is 3.53. The van der Waals surface area contributed by atoms with E-state index in [0.717, 1.165) is 54.4 Å². The summed E-state index contributed by atoms with van der Waals surface area (Å²) in [5.41, 5.74) is 3.92. The van der Waals surface area contributed by atoms with Gasteiger partial charge in [-0.3, -0.25) is 4.72 Å². The molecule has 3 N–H and O–H groups in total. The van der Waals surface area contributed by atoms with Crippen molar-refractivity contribution >= 4 is 41.1 Å². The van der Waals surface area contributed by atoms with Gasteiger partial charge in [-0.1, -0.05) is 26.7 Å². The second-order valence-corrected chi connectivity index (χ2v) is 10.7. The number of alkyl halides is 3. The van der Waals surface area contributed by atoms with Crippen molar-refractivity contribution in [3.8, 4) is 0 Å². The zero-order valence-corrected chi connectivity index (χ0v) is 26.6. The third-order valence-corrected chi connectivity index (χ3v) is 6.94. The third-order valence-electron chi connectivity index (χ3n) is 6.45. The van der Waals surface area contributed by atoms with Crippen LogP contribution in [0.15, 0.2) is 67.9 Å². The molecule has 0 radical (unpaired) electrons. The molecule has 1 aliphatic heterocycles. The summed E-state index contributed by atoms with van der Waals surface area (Å²) < 4.78 is 54.9. The first-order valence-electron chi connectivity index (χ1n) is 13.5. The van der Waals surface area contributed by atoms with E-state index < -0.39 is 23.1 Å². The average molecular weight is 640 g/mol. The van der Waals surface area contributed by atoms with E-state index in [2.05, 4.69) is 79.2 Å². The number of aryl methyl sites for hydroxylation is 1. The summed E-state index contributed by atoms with van der Waals surface area (Å²) in [5, 5.41) is 6.51. The quantitative estimate of drug-likeness (QED) is 0.123. The Balaban J connectivity index is 0.00000316. The van der Waals surface area contributed by atoms with Crippen LogP contribution in [-0.4, -0.2) is 61.6 Å². The first-order valence-corrected chi connectivity index (χ1v) is 15.9. The second-order valence-electron chi connectivity index (χ2n) is 9.59. The molecule has 3 rings (SSSR count). The summed E-state index contributed by atoms with van der Waals surface area (Å²) in [6, 6.07) is 4.25. The first-order chi connectivity index (χ1) is 20.3. The lowest BCUT2D eigenvalue weighted by Crippen LogP contribution is -2.46. The highest BCUT2D eigenvalue weighted by Crippen LogP contribution is 2.28. The fourth-order valence-corrected chi connectivity index (χ4v) is 4.90. The van der Waals surface area contributed by atoms with Gasteiger partial charge < -0.3 is 20.3 Å². The number of hydrogen-bond donors (Lipinski definition) is 4. The molecule has 1 unspecified atom stereocenters. The normalized spacial score (nSPS) is 17.4. The van der Waals surface area contributed by atoms with Crippen LogP contribution in [0.3, 0.4) is 0 Å². The molecule has 9 nitrogen and oxygen atoms in total. The van der Waals surface area contributed by atoms with Gasteiger partial charge in [-0.2, -0.15) is 12.6 Å². The van der Waals surface area contributed by atoms with Crippen molar-refractivity contribution in [2.45, 2.75) is 58.1 Å². The van der Waals surface area contributed by atoms with Crippen LogP contribution in [0.1, 0.15) is 43.5 Å². The molecular weight excluding hydrogens is 599 g/mol. The minimum absolute atomic E-state index is 0.234. The molecule has 14 heteroatoms. The Labute approximate surface area is 259 Å². The molecule has 2 aromatic heterocycles. The SMILES string of the molecule is C=C(/C=C\C(=C)OC(F)(F)F)Nc1ncc(CC)c(CN[C@@H]2CCN(C(=C)c3ccnc(NS(C)=O)c3)[C@H](C)C2)n1.CS. The van der Waals surface area contributed by atoms with Crippen molar-refractivity contribution in [1.82, 2.24) is 25.2 Å². The van der Waals surface area contributed by atoms with Crippen LogP contribution in [0.2, 0.25) is 0 Å². The molecular formula is C29H40F3N7O2S2. The maximum absolute atomic E-state index is 12.3. The Morgan fingerprint density at radius 3 is 2.60 bits per heavy atom. The molecule has 1 fully saturated rings. The number of hydrogen-bond acceptors (Lipinski definition) is 9. The number of rotatable bonds is 13. The van der Waals surface area contributed by atoms with E-state index in [9.17, 15) is 17.4 Å². The average Bonchev–Trinajstić information content (AvgIpc) is 2.95. The molecule has 0 saturated carbocycles. The van der Waals surface area contributed by atoms with Crippen LogP contribution in [0, 0.1) is 0 Å². The van der Waals surface area contributed by atoms with Gasteiger partial charge >= 0.3 is 6.36 Å². The molecule has 3 atom stereocenters. The highest BCUT2D eigenvalue weighted by Gasteiger charge is 2.31. The van der Waals surface area contributed by atoms with Gasteiger partial charge in [-0.25, -0.2) is 19.2 Å². The number of ether oxygens (including phenoxy) is 1. The van der Waals surface area contributed by atoms with Crippen LogP contribution in [0.5, 0.6) is 0 Å².